The quantitative estimate of drug-likeness (QED) is 0.544. The van der Waals surface area contributed by atoms with Crippen LogP contribution in [0.5, 0.6) is 0 Å². The van der Waals surface area contributed by atoms with Gasteiger partial charge in [-0.2, -0.15) is 26.3 Å². The average Bonchev–Trinajstić information content (AvgIpc) is 2.71. The molecule has 4 nitrogen and oxygen atoms in total. The Balaban J connectivity index is 1.86. The summed E-state index contributed by atoms with van der Waals surface area (Å²) in [6.45, 7) is 0. The van der Waals surface area contributed by atoms with Crippen molar-refractivity contribution in [2.75, 3.05) is 0 Å². The lowest BCUT2D eigenvalue weighted by Gasteiger charge is -2.31. The van der Waals surface area contributed by atoms with Crippen LogP contribution in [0, 0.1) is 5.92 Å². The number of hydrogen-bond acceptors (Lipinski definition) is 2. The Labute approximate surface area is 173 Å². The second-order valence-corrected chi connectivity index (χ2v) is 7.21. The Morgan fingerprint density at radius 3 is 2.16 bits per heavy atom. The Bertz CT molecular complexity index is 943. The maximum absolute atomic E-state index is 13.1. The van der Waals surface area contributed by atoms with Crippen LogP contribution >= 0.6 is 0 Å². The van der Waals surface area contributed by atoms with E-state index in [0.29, 0.717) is 5.56 Å². The summed E-state index contributed by atoms with van der Waals surface area (Å²) in [7, 11) is 0. The second kappa shape index (κ2) is 8.60. The van der Waals surface area contributed by atoms with Crippen LogP contribution in [0.15, 0.2) is 54.6 Å². The first-order valence-electron chi connectivity index (χ1n) is 9.36. The molecule has 0 aliphatic carbocycles. The monoisotopic (exact) mass is 444 g/mol. The Morgan fingerprint density at radius 1 is 0.935 bits per heavy atom. The Kier molecular flexibility index (Phi) is 6.28. The van der Waals surface area contributed by atoms with E-state index in [1.807, 2.05) is 0 Å². The van der Waals surface area contributed by atoms with E-state index in [9.17, 15) is 35.9 Å². The Hall–Kier alpha value is -3.04. The van der Waals surface area contributed by atoms with Crippen molar-refractivity contribution < 1.29 is 35.9 Å². The summed E-state index contributed by atoms with van der Waals surface area (Å²) >= 11 is 0. The molecule has 1 aliphatic rings. The molecule has 3 atom stereocenters. The molecule has 0 spiro atoms. The van der Waals surface area contributed by atoms with Crippen LogP contribution in [-0.2, 0) is 15.8 Å². The predicted octanol–water partition coefficient (Wildman–Crippen LogP) is 4.37. The number of halogens is 6. The molecule has 3 rings (SSSR count). The molecule has 31 heavy (non-hydrogen) atoms. The first-order valence-corrected chi connectivity index (χ1v) is 9.36. The molecule has 2 N–H and O–H groups in total. The lowest BCUT2D eigenvalue weighted by atomic mass is 9.91. The van der Waals surface area contributed by atoms with Crippen molar-refractivity contribution in [2.45, 2.75) is 37.3 Å². The molecule has 2 amide bonds. The van der Waals surface area contributed by atoms with Crippen LogP contribution in [0.1, 0.15) is 35.6 Å². The molecule has 0 aromatic heterocycles. The van der Waals surface area contributed by atoms with Crippen molar-refractivity contribution in [1.29, 1.82) is 0 Å². The van der Waals surface area contributed by atoms with E-state index in [4.69, 9.17) is 0 Å². The molecule has 3 unspecified atom stereocenters. The zero-order valence-electron chi connectivity index (χ0n) is 15.9. The normalized spacial score (nSPS) is 20.6. The van der Waals surface area contributed by atoms with Crippen LogP contribution < -0.4 is 10.6 Å². The van der Waals surface area contributed by atoms with Gasteiger partial charge in [0, 0.05) is 0 Å². The van der Waals surface area contributed by atoms with Crippen molar-refractivity contribution in [3.05, 3.63) is 71.3 Å². The van der Waals surface area contributed by atoms with Gasteiger partial charge in [-0.1, -0.05) is 42.5 Å². The number of benzene rings is 2. The highest BCUT2D eigenvalue weighted by Gasteiger charge is 2.46. The standard InChI is InChI=1S/C21H18F6N2O2/c22-20(23,24)14-8-4-7-13(11-14)17(12-5-2-1-3-6-12)29-19(31)15-9-10-16(21(25,26)27)28-18(15)30/h1-8,11,15-17H,9-10H2,(H,28,30)(H,29,31). The number of hydrogen-bond donors (Lipinski definition) is 2. The number of piperidine rings is 1. The topological polar surface area (TPSA) is 58.2 Å². The van der Waals surface area contributed by atoms with E-state index < -0.39 is 54.2 Å². The molecule has 1 heterocycles. The highest BCUT2D eigenvalue weighted by atomic mass is 19.4. The zero-order valence-corrected chi connectivity index (χ0v) is 15.9. The van der Waals surface area contributed by atoms with Crippen LogP contribution in [-0.4, -0.2) is 24.0 Å². The van der Waals surface area contributed by atoms with Crippen molar-refractivity contribution in [1.82, 2.24) is 10.6 Å². The van der Waals surface area contributed by atoms with Gasteiger partial charge in [0.15, 0.2) is 0 Å². The number of rotatable bonds is 4. The molecule has 10 heteroatoms. The van der Waals surface area contributed by atoms with Gasteiger partial charge in [-0.05, 0) is 36.1 Å². The van der Waals surface area contributed by atoms with E-state index >= 15 is 0 Å². The van der Waals surface area contributed by atoms with Crippen LogP contribution in [0.3, 0.4) is 0 Å². The molecule has 0 bridgehead atoms. The first kappa shape index (κ1) is 22.6. The fraction of sp³-hybridized carbons (Fsp3) is 0.333. The minimum Gasteiger partial charge on any atom is -0.344 e. The largest absolute Gasteiger partial charge is 0.416 e. The highest BCUT2D eigenvalue weighted by molar-refractivity contribution is 6.01. The lowest BCUT2D eigenvalue weighted by molar-refractivity contribution is -0.171. The number of alkyl halides is 6. The maximum atomic E-state index is 13.1. The van der Waals surface area contributed by atoms with Gasteiger partial charge >= 0.3 is 12.4 Å². The number of amides is 2. The third-order valence-corrected chi connectivity index (χ3v) is 5.06. The molecule has 2 aromatic carbocycles. The van der Waals surface area contributed by atoms with E-state index in [0.717, 1.165) is 12.1 Å². The maximum Gasteiger partial charge on any atom is 0.416 e. The minimum absolute atomic E-state index is 0.124. The van der Waals surface area contributed by atoms with Gasteiger partial charge in [0.05, 0.1) is 11.6 Å². The summed E-state index contributed by atoms with van der Waals surface area (Å²) in [6, 6.07) is 9.43. The summed E-state index contributed by atoms with van der Waals surface area (Å²) in [5.74, 6) is -3.30. The van der Waals surface area contributed by atoms with E-state index in [1.54, 1.807) is 35.6 Å². The predicted molar refractivity (Wildman–Crippen MR) is 98.6 cm³/mol. The third kappa shape index (κ3) is 5.36. The Morgan fingerprint density at radius 2 is 1.58 bits per heavy atom. The van der Waals surface area contributed by atoms with Gasteiger partial charge < -0.3 is 10.6 Å². The third-order valence-electron chi connectivity index (χ3n) is 5.06. The van der Waals surface area contributed by atoms with Crippen LogP contribution in [0.4, 0.5) is 26.3 Å². The van der Waals surface area contributed by atoms with Crippen molar-refractivity contribution >= 4 is 11.8 Å². The van der Waals surface area contributed by atoms with Gasteiger partial charge in [-0.3, -0.25) is 9.59 Å². The first-order chi connectivity index (χ1) is 14.5. The molecule has 0 saturated carbocycles. The fourth-order valence-corrected chi connectivity index (χ4v) is 3.45. The van der Waals surface area contributed by atoms with Crippen molar-refractivity contribution in [3.63, 3.8) is 0 Å². The molecular weight excluding hydrogens is 426 g/mol. The number of carbonyl (C=O) groups excluding carboxylic acids is 2. The van der Waals surface area contributed by atoms with Crippen molar-refractivity contribution in [3.8, 4) is 0 Å². The summed E-state index contributed by atoms with van der Waals surface area (Å²) < 4.78 is 77.9. The van der Waals surface area contributed by atoms with Gasteiger partial charge in [-0.15, -0.1) is 0 Å². The summed E-state index contributed by atoms with van der Waals surface area (Å²) in [6.07, 6.45) is -10.0. The molecular formula is C21H18F6N2O2. The van der Waals surface area contributed by atoms with Gasteiger partial charge in [0.1, 0.15) is 12.0 Å². The number of nitrogens with one attached hydrogen (secondary N) is 2. The van der Waals surface area contributed by atoms with E-state index in [-0.39, 0.29) is 12.0 Å². The molecule has 1 aliphatic heterocycles. The average molecular weight is 444 g/mol. The smallest absolute Gasteiger partial charge is 0.344 e. The highest BCUT2D eigenvalue weighted by Crippen LogP contribution is 2.33. The molecule has 0 radical (unpaired) electrons. The lowest BCUT2D eigenvalue weighted by Crippen LogP contribution is -2.54. The van der Waals surface area contributed by atoms with Crippen LogP contribution in [0.25, 0.3) is 0 Å². The minimum atomic E-state index is -4.62. The summed E-state index contributed by atoms with van der Waals surface area (Å²) in [5.41, 5.74) is -0.332. The van der Waals surface area contributed by atoms with E-state index in [1.165, 1.54) is 12.1 Å². The molecule has 1 fully saturated rings. The second-order valence-electron chi connectivity index (χ2n) is 7.21. The summed E-state index contributed by atoms with van der Waals surface area (Å²) in [4.78, 5) is 24.8. The van der Waals surface area contributed by atoms with Gasteiger partial charge in [0.25, 0.3) is 0 Å². The molecule has 1 saturated heterocycles. The van der Waals surface area contributed by atoms with Gasteiger partial charge in [-0.25, -0.2) is 0 Å². The fourth-order valence-electron chi connectivity index (χ4n) is 3.45. The zero-order chi connectivity index (χ0) is 22.8. The summed E-state index contributed by atoms with van der Waals surface area (Å²) in [5, 5.41) is 4.33. The molecule has 2 aromatic rings. The van der Waals surface area contributed by atoms with Crippen molar-refractivity contribution in [2.24, 2.45) is 5.92 Å². The molecule has 166 valence electrons. The number of carbonyl (C=O) groups is 2. The van der Waals surface area contributed by atoms with Crippen LogP contribution in [0.2, 0.25) is 0 Å². The van der Waals surface area contributed by atoms with E-state index in [2.05, 4.69) is 5.32 Å². The van der Waals surface area contributed by atoms with Gasteiger partial charge in [0.2, 0.25) is 11.8 Å². The SMILES string of the molecule is O=C(NC(c1ccccc1)c1cccc(C(F)(F)F)c1)C1CCC(C(F)(F)F)NC1=O.